The lowest BCUT2D eigenvalue weighted by atomic mass is 9.87. The quantitative estimate of drug-likeness (QED) is 0.509. The van der Waals surface area contributed by atoms with Crippen LogP contribution >= 0.6 is 6.72 Å². The molecule has 1 fully saturated rings. The topological polar surface area (TPSA) is 147 Å². The van der Waals surface area contributed by atoms with E-state index in [1.54, 1.807) is 18.4 Å². The van der Waals surface area contributed by atoms with Gasteiger partial charge in [-0.3, -0.25) is 18.9 Å². The molecule has 0 aromatic carbocycles. The summed E-state index contributed by atoms with van der Waals surface area (Å²) in [6, 6.07) is 0. The zero-order valence-electron chi connectivity index (χ0n) is 18.4. The van der Waals surface area contributed by atoms with Gasteiger partial charge in [0, 0.05) is 7.11 Å². The van der Waals surface area contributed by atoms with Crippen LogP contribution in [0, 0.1) is 5.41 Å². The Morgan fingerprint density at radius 3 is 2.68 bits per heavy atom. The second-order valence-corrected chi connectivity index (χ2v) is 11.7. The number of imidazole rings is 1. The van der Waals surface area contributed by atoms with Gasteiger partial charge in [0.1, 0.15) is 12.2 Å². The van der Waals surface area contributed by atoms with E-state index in [0.717, 1.165) is 0 Å². The van der Waals surface area contributed by atoms with Crippen LogP contribution < -0.4 is 11.3 Å². The largest absolute Gasteiger partial charge is 0.374 e. The Bertz CT molecular complexity index is 1030. The summed E-state index contributed by atoms with van der Waals surface area (Å²) in [5.41, 5.74) is 5.53. The highest BCUT2D eigenvalue weighted by molar-refractivity contribution is 8.07. The zero-order valence-corrected chi connectivity index (χ0v) is 20.1. The molecule has 0 aliphatic carbocycles. The third-order valence-electron chi connectivity index (χ3n) is 4.69. The van der Waals surface area contributed by atoms with Gasteiger partial charge in [-0.05, 0) is 37.5 Å². The number of ether oxygens (including phenoxy) is 2. The number of hydrogen-bond donors (Lipinski definition) is 3. The van der Waals surface area contributed by atoms with Crippen LogP contribution in [0.3, 0.4) is 0 Å². The summed E-state index contributed by atoms with van der Waals surface area (Å²) in [7, 11) is 1.51. The van der Waals surface area contributed by atoms with Crippen LogP contribution in [0.15, 0.2) is 11.1 Å². The Kier molecular flexibility index (Phi) is 6.93. The van der Waals surface area contributed by atoms with E-state index in [1.807, 2.05) is 0 Å². The normalized spacial score (nSPS) is 26.6. The smallest absolute Gasteiger partial charge is 0.325 e. The SMILES string of the molecule is COC1C(OP(O)(=S)OC(C)C)[C@@H](CC(C)(C)C)O[C@H]1n1cnc2c(=O)[nH]c(N)nc21. The van der Waals surface area contributed by atoms with E-state index in [0.29, 0.717) is 6.42 Å². The third kappa shape index (κ3) is 5.51. The highest BCUT2D eigenvalue weighted by Gasteiger charge is 2.50. The van der Waals surface area contributed by atoms with Crippen LogP contribution in [0.1, 0.15) is 47.3 Å². The fourth-order valence-electron chi connectivity index (χ4n) is 3.65. The van der Waals surface area contributed by atoms with Crippen LogP contribution in [0.2, 0.25) is 0 Å². The first-order chi connectivity index (χ1) is 14.3. The van der Waals surface area contributed by atoms with Crippen molar-refractivity contribution < 1.29 is 23.4 Å². The van der Waals surface area contributed by atoms with Crippen molar-refractivity contribution in [3.8, 4) is 0 Å². The summed E-state index contributed by atoms with van der Waals surface area (Å²) in [5.74, 6) is -0.0403. The predicted octanol–water partition coefficient (Wildman–Crippen LogP) is 2.08. The van der Waals surface area contributed by atoms with Gasteiger partial charge >= 0.3 is 6.72 Å². The minimum absolute atomic E-state index is 0.0403. The van der Waals surface area contributed by atoms with Crippen molar-refractivity contribution in [2.24, 2.45) is 5.41 Å². The van der Waals surface area contributed by atoms with Gasteiger partial charge in [-0.15, -0.1) is 0 Å². The number of aromatic amines is 1. The second-order valence-electron chi connectivity index (χ2n) is 9.00. The first-order valence-corrected chi connectivity index (χ1v) is 12.5. The van der Waals surface area contributed by atoms with Crippen molar-refractivity contribution in [3.63, 3.8) is 0 Å². The molecule has 1 aliphatic rings. The number of nitrogens with zero attached hydrogens (tertiary/aromatic N) is 3. The molecule has 3 rings (SSSR count). The lowest BCUT2D eigenvalue weighted by Crippen LogP contribution is -2.37. The highest BCUT2D eigenvalue weighted by Crippen LogP contribution is 2.51. The van der Waals surface area contributed by atoms with Crippen molar-refractivity contribution in [2.45, 2.75) is 71.7 Å². The average Bonchev–Trinajstić information content (AvgIpc) is 3.13. The molecule has 0 radical (unpaired) electrons. The molecule has 5 atom stereocenters. The number of rotatable bonds is 7. The standard InChI is InChI=1S/C18H30N5O6PS/c1-9(2)28-30(25,31)29-12-10(7-18(3,4)5)27-16(13(12)26-6)23-8-20-11-14(23)21-17(19)22-15(11)24/h8-10,12-13,16H,7H2,1-6H3,(H,25,31)(H3,19,21,22,24)/t10-,12?,13?,16-,30?/m1/s1. The molecular formula is C18H30N5O6PS. The third-order valence-corrected chi connectivity index (χ3v) is 6.41. The molecule has 0 amide bonds. The molecule has 1 aliphatic heterocycles. The molecule has 11 nitrogen and oxygen atoms in total. The van der Waals surface area contributed by atoms with E-state index in [4.69, 9.17) is 36.1 Å². The first-order valence-electron chi connectivity index (χ1n) is 9.91. The van der Waals surface area contributed by atoms with Gasteiger partial charge in [-0.2, -0.15) is 4.98 Å². The molecule has 0 bridgehead atoms. The van der Waals surface area contributed by atoms with Crippen molar-refractivity contribution in [2.75, 3.05) is 12.8 Å². The Morgan fingerprint density at radius 1 is 1.42 bits per heavy atom. The Balaban J connectivity index is 2.02. The molecule has 4 N–H and O–H groups in total. The van der Waals surface area contributed by atoms with Crippen molar-refractivity contribution in [1.29, 1.82) is 0 Å². The van der Waals surface area contributed by atoms with Gasteiger partial charge < -0.3 is 24.6 Å². The first kappa shape index (κ1) is 24.2. The fourth-order valence-corrected chi connectivity index (χ4v) is 5.61. The maximum absolute atomic E-state index is 12.2. The van der Waals surface area contributed by atoms with Gasteiger partial charge in [0.25, 0.3) is 5.56 Å². The number of H-pyrrole nitrogens is 1. The molecule has 1 saturated heterocycles. The van der Waals surface area contributed by atoms with Crippen molar-refractivity contribution in [1.82, 2.24) is 19.5 Å². The Morgan fingerprint density at radius 2 is 2.10 bits per heavy atom. The Labute approximate surface area is 185 Å². The molecule has 13 heteroatoms. The molecule has 0 saturated carbocycles. The van der Waals surface area contributed by atoms with Gasteiger partial charge in [0.05, 0.1) is 18.5 Å². The van der Waals surface area contributed by atoms with E-state index in [1.165, 1.54) is 13.4 Å². The minimum atomic E-state index is -3.56. The van der Waals surface area contributed by atoms with E-state index >= 15 is 0 Å². The van der Waals surface area contributed by atoms with E-state index < -0.39 is 36.8 Å². The number of nitrogens with one attached hydrogen (secondary N) is 1. The van der Waals surface area contributed by atoms with Crippen LogP contribution in [0.25, 0.3) is 11.2 Å². The Hall–Kier alpha value is -1.40. The van der Waals surface area contributed by atoms with Crippen LogP contribution in [-0.4, -0.2) is 55.9 Å². The molecular weight excluding hydrogens is 445 g/mol. The van der Waals surface area contributed by atoms with Crippen LogP contribution in [0.4, 0.5) is 5.95 Å². The highest BCUT2D eigenvalue weighted by atomic mass is 32.5. The van der Waals surface area contributed by atoms with Crippen molar-refractivity contribution in [3.05, 3.63) is 16.7 Å². The van der Waals surface area contributed by atoms with Crippen LogP contribution in [-0.2, 0) is 30.3 Å². The summed E-state index contributed by atoms with van der Waals surface area (Å²) >= 11 is 5.22. The maximum atomic E-state index is 12.2. The average molecular weight is 476 g/mol. The molecule has 31 heavy (non-hydrogen) atoms. The number of hydrogen-bond acceptors (Lipinski definition) is 9. The van der Waals surface area contributed by atoms with Gasteiger partial charge in [-0.1, -0.05) is 20.8 Å². The van der Waals surface area contributed by atoms with Crippen LogP contribution in [0.5, 0.6) is 0 Å². The molecule has 3 unspecified atom stereocenters. The molecule has 2 aromatic rings. The summed E-state index contributed by atoms with van der Waals surface area (Å²) in [6.45, 7) is 6.17. The predicted molar refractivity (Wildman–Crippen MR) is 119 cm³/mol. The molecule has 174 valence electrons. The molecule has 3 heterocycles. The number of nitrogen functional groups attached to an aromatic ring is 1. The fraction of sp³-hybridized carbons (Fsp3) is 0.722. The zero-order chi connectivity index (χ0) is 23.1. The summed E-state index contributed by atoms with van der Waals surface area (Å²) in [4.78, 5) is 33.6. The van der Waals surface area contributed by atoms with E-state index in [2.05, 4.69) is 35.7 Å². The van der Waals surface area contributed by atoms with Gasteiger partial charge in [0.15, 0.2) is 17.4 Å². The van der Waals surface area contributed by atoms with Gasteiger partial charge in [0.2, 0.25) is 5.95 Å². The lowest BCUT2D eigenvalue weighted by molar-refractivity contribution is -0.0549. The molecule has 0 spiro atoms. The number of anilines is 1. The number of fused-ring (bicyclic) bond motifs is 1. The minimum Gasteiger partial charge on any atom is -0.374 e. The summed E-state index contributed by atoms with van der Waals surface area (Å²) < 4.78 is 25.0. The number of nitrogens with two attached hydrogens (primary N) is 1. The maximum Gasteiger partial charge on any atom is 0.325 e. The monoisotopic (exact) mass is 475 g/mol. The molecule has 2 aromatic heterocycles. The second kappa shape index (κ2) is 8.86. The lowest BCUT2D eigenvalue weighted by Gasteiger charge is -2.30. The van der Waals surface area contributed by atoms with Crippen molar-refractivity contribution >= 4 is 35.6 Å². The van der Waals surface area contributed by atoms with Gasteiger partial charge in [-0.25, -0.2) is 4.98 Å². The summed E-state index contributed by atoms with van der Waals surface area (Å²) in [6.07, 6.45) is -0.898. The van der Waals surface area contributed by atoms with E-state index in [9.17, 15) is 9.69 Å². The summed E-state index contributed by atoms with van der Waals surface area (Å²) in [5, 5.41) is 0. The number of aromatic nitrogens is 4. The van der Waals surface area contributed by atoms with E-state index in [-0.39, 0.29) is 28.6 Å². The number of methoxy groups -OCH3 is 1.